The molecule has 3 heteroatoms. The third-order valence-electron chi connectivity index (χ3n) is 1.56. The zero-order chi connectivity index (χ0) is 8.97. The number of hydrogen-bond donors (Lipinski definition) is 1. The zero-order valence-electron chi connectivity index (χ0n) is 6.59. The Balaban J connectivity index is 2.71. The molecule has 12 heavy (non-hydrogen) atoms. The maximum Gasteiger partial charge on any atom is 0.221 e. The lowest BCUT2D eigenvalue weighted by atomic mass is 10.1. The van der Waals surface area contributed by atoms with E-state index in [1.54, 1.807) is 0 Å². The van der Waals surface area contributed by atoms with Gasteiger partial charge in [-0.3, -0.25) is 4.79 Å². The molecular formula is C9H10ClNO. The fourth-order valence-corrected chi connectivity index (χ4v) is 1.13. The van der Waals surface area contributed by atoms with E-state index in [1.807, 2.05) is 24.3 Å². The molecule has 1 rings (SSSR count). The highest BCUT2D eigenvalue weighted by Gasteiger charge is 1.97. The molecule has 1 aromatic carbocycles. The summed E-state index contributed by atoms with van der Waals surface area (Å²) in [5, 5.41) is 0. The minimum atomic E-state index is -0.311. The van der Waals surface area contributed by atoms with Gasteiger partial charge in [0.05, 0.1) is 6.42 Å². The van der Waals surface area contributed by atoms with Gasteiger partial charge in [-0.2, -0.15) is 0 Å². The van der Waals surface area contributed by atoms with Gasteiger partial charge in [-0.05, 0) is 11.1 Å². The number of rotatable bonds is 3. The van der Waals surface area contributed by atoms with Crippen molar-refractivity contribution in [1.29, 1.82) is 0 Å². The van der Waals surface area contributed by atoms with Gasteiger partial charge in [-0.25, -0.2) is 0 Å². The van der Waals surface area contributed by atoms with Crippen molar-refractivity contribution in [3.8, 4) is 0 Å². The first-order valence-electron chi connectivity index (χ1n) is 3.64. The Morgan fingerprint density at radius 3 is 2.17 bits per heavy atom. The second-order valence-corrected chi connectivity index (χ2v) is 2.86. The number of halogens is 1. The van der Waals surface area contributed by atoms with Gasteiger partial charge in [0.15, 0.2) is 0 Å². The summed E-state index contributed by atoms with van der Waals surface area (Å²) in [5.41, 5.74) is 7.00. The van der Waals surface area contributed by atoms with Crippen molar-refractivity contribution in [1.82, 2.24) is 0 Å². The van der Waals surface area contributed by atoms with Gasteiger partial charge < -0.3 is 5.73 Å². The average Bonchev–Trinajstić information content (AvgIpc) is 2.05. The van der Waals surface area contributed by atoms with Crippen LogP contribution in [0.5, 0.6) is 0 Å². The van der Waals surface area contributed by atoms with Crippen LogP contribution in [0.25, 0.3) is 0 Å². The van der Waals surface area contributed by atoms with Crippen LogP contribution in [0.1, 0.15) is 11.1 Å². The number of alkyl halides is 1. The molecule has 1 aromatic rings. The Morgan fingerprint density at radius 1 is 1.25 bits per heavy atom. The molecule has 0 saturated carbocycles. The standard InChI is InChI=1S/C9H10ClNO/c10-6-8-3-1-7(2-4-8)5-9(11)12/h1-4H,5-6H2,(H2,11,12). The van der Waals surface area contributed by atoms with Crippen LogP contribution in [0.4, 0.5) is 0 Å². The summed E-state index contributed by atoms with van der Waals surface area (Å²) in [4.78, 5) is 10.5. The molecule has 0 unspecified atom stereocenters. The summed E-state index contributed by atoms with van der Waals surface area (Å²) in [6, 6.07) is 7.52. The van der Waals surface area contributed by atoms with E-state index in [-0.39, 0.29) is 5.91 Å². The lowest BCUT2D eigenvalue weighted by Crippen LogP contribution is -2.13. The van der Waals surface area contributed by atoms with Crippen molar-refractivity contribution >= 4 is 17.5 Å². The highest BCUT2D eigenvalue weighted by Crippen LogP contribution is 2.06. The fourth-order valence-electron chi connectivity index (χ4n) is 0.947. The Bertz CT molecular complexity index is 268. The predicted octanol–water partition coefficient (Wildman–Crippen LogP) is 1.45. The summed E-state index contributed by atoms with van der Waals surface area (Å²) in [6.07, 6.45) is 0.294. The second kappa shape index (κ2) is 4.12. The molecule has 0 fully saturated rings. The summed E-state index contributed by atoms with van der Waals surface area (Å²) in [5.74, 6) is 0.185. The fraction of sp³-hybridized carbons (Fsp3) is 0.222. The Hall–Kier alpha value is -1.02. The van der Waals surface area contributed by atoms with Gasteiger partial charge in [0.25, 0.3) is 0 Å². The van der Waals surface area contributed by atoms with Crippen molar-refractivity contribution in [3.05, 3.63) is 35.4 Å². The van der Waals surface area contributed by atoms with E-state index in [0.29, 0.717) is 12.3 Å². The van der Waals surface area contributed by atoms with Gasteiger partial charge >= 0.3 is 0 Å². The van der Waals surface area contributed by atoms with Gasteiger partial charge in [0, 0.05) is 5.88 Å². The normalized spacial score (nSPS) is 9.75. The predicted molar refractivity (Wildman–Crippen MR) is 48.9 cm³/mol. The van der Waals surface area contributed by atoms with Crippen molar-refractivity contribution in [2.24, 2.45) is 5.73 Å². The molecule has 64 valence electrons. The quantitative estimate of drug-likeness (QED) is 0.709. The first-order valence-corrected chi connectivity index (χ1v) is 4.18. The molecule has 1 amide bonds. The second-order valence-electron chi connectivity index (χ2n) is 2.59. The van der Waals surface area contributed by atoms with E-state index in [1.165, 1.54) is 0 Å². The molecule has 0 spiro atoms. The molecule has 0 saturated heterocycles. The molecule has 0 bridgehead atoms. The Labute approximate surface area is 76.3 Å². The maximum atomic E-state index is 10.5. The molecule has 2 nitrogen and oxygen atoms in total. The molecule has 0 radical (unpaired) electrons. The van der Waals surface area contributed by atoms with Crippen LogP contribution in [-0.4, -0.2) is 5.91 Å². The number of carbonyl (C=O) groups excluding carboxylic acids is 1. The van der Waals surface area contributed by atoms with Crippen molar-refractivity contribution in [2.45, 2.75) is 12.3 Å². The van der Waals surface area contributed by atoms with Crippen LogP contribution in [0, 0.1) is 0 Å². The van der Waals surface area contributed by atoms with Crippen molar-refractivity contribution < 1.29 is 4.79 Å². The molecule has 0 aliphatic carbocycles. The van der Waals surface area contributed by atoms with Gasteiger partial charge in [-0.15, -0.1) is 11.6 Å². The smallest absolute Gasteiger partial charge is 0.221 e. The van der Waals surface area contributed by atoms with Gasteiger partial charge in [0.2, 0.25) is 5.91 Å². The zero-order valence-corrected chi connectivity index (χ0v) is 7.34. The Morgan fingerprint density at radius 2 is 1.75 bits per heavy atom. The molecule has 0 atom stereocenters. The van der Waals surface area contributed by atoms with E-state index < -0.39 is 0 Å². The summed E-state index contributed by atoms with van der Waals surface area (Å²) in [6.45, 7) is 0. The third kappa shape index (κ3) is 2.55. The number of benzene rings is 1. The van der Waals surface area contributed by atoms with Crippen molar-refractivity contribution in [2.75, 3.05) is 0 Å². The lowest BCUT2D eigenvalue weighted by molar-refractivity contribution is -0.117. The van der Waals surface area contributed by atoms with Crippen LogP contribution < -0.4 is 5.73 Å². The van der Waals surface area contributed by atoms with Gasteiger partial charge in [0.1, 0.15) is 0 Å². The molecule has 2 N–H and O–H groups in total. The minimum Gasteiger partial charge on any atom is -0.369 e. The highest BCUT2D eigenvalue weighted by molar-refractivity contribution is 6.17. The summed E-state index contributed by atoms with van der Waals surface area (Å²) >= 11 is 5.59. The van der Waals surface area contributed by atoms with Crippen molar-refractivity contribution in [3.63, 3.8) is 0 Å². The summed E-state index contributed by atoms with van der Waals surface area (Å²) < 4.78 is 0. The number of primary amides is 1. The van der Waals surface area contributed by atoms with Crippen LogP contribution >= 0.6 is 11.6 Å². The Kier molecular flexibility index (Phi) is 3.11. The van der Waals surface area contributed by atoms with E-state index in [9.17, 15) is 4.79 Å². The van der Waals surface area contributed by atoms with E-state index in [2.05, 4.69) is 0 Å². The van der Waals surface area contributed by atoms with E-state index in [0.717, 1.165) is 11.1 Å². The number of nitrogens with two attached hydrogens (primary N) is 1. The van der Waals surface area contributed by atoms with Crippen LogP contribution in [0.2, 0.25) is 0 Å². The minimum absolute atomic E-state index is 0.294. The third-order valence-corrected chi connectivity index (χ3v) is 1.86. The SMILES string of the molecule is NC(=O)Cc1ccc(CCl)cc1. The van der Waals surface area contributed by atoms with Crippen LogP contribution in [-0.2, 0) is 17.1 Å². The first-order chi connectivity index (χ1) is 5.72. The molecule has 0 aliphatic rings. The first kappa shape index (κ1) is 9.07. The average molecular weight is 184 g/mol. The molecular weight excluding hydrogens is 174 g/mol. The number of hydrogen-bond acceptors (Lipinski definition) is 1. The van der Waals surface area contributed by atoms with E-state index >= 15 is 0 Å². The van der Waals surface area contributed by atoms with Crippen LogP contribution in [0.3, 0.4) is 0 Å². The number of amides is 1. The molecule has 0 aliphatic heterocycles. The largest absolute Gasteiger partial charge is 0.369 e. The maximum absolute atomic E-state index is 10.5. The molecule has 0 heterocycles. The van der Waals surface area contributed by atoms with Gasteiger partial charge in [-0.1, -0.05) is 24.3 Å². The van der Waals surface area contributed by atoms with E-state index in [4.69, 9.17) is 17.3 Å². The topological polar surface area (TPSA) is 43.1 Å². The highest BCUT2D eigenvalue weighted by atomic mass is 35.5. The summed E-state index contributed by atoms with van der Waals surface area (Å²) in [7, 11) is 0. The van der Waals surface area contributed by atoms with Crippen LogP contribution in [0.15, 0.2) is 24.3 Å². The monoisotopic (exact) mass is 183 g/mol. The lowest BCUT2D eigenvalue weighted by Gasteiger charge is -1.98. The molecule has 0 aromatic heterocycles. The number of carbonyl (C=O) groups is 1.